The summed E-state index contributed by atoms with van der Waals surface area (Å²) in [6, 6.07) is -2.17. The number of amides is 8. The van der Waals surface area contributed by atoms with Crippen LogP contribution < -0.4 is 54.0 Å². The fraction of sp³-hybridized carbons (Fsp3) is 0.545. The van der Waals surface area contributed by atoms with Crippen LogP contribution in [0.4, 0.5) is 0 Å². The number of aliphatic hydroxyl groups is 2. The molecule has 2 heterocycles. The Kier molecular flexibility index (Phi) is 23.1. The van der Waals surface area contributed by atoms with Crippen molar-refractivity contribution in [1.29, 1.82) is 0 Å². The number of hydrogen-bond donors (Lipinski definition) is 14. The van der Waals surface area contributed by atoms with Crippen LogP contribution in [0.15, 0.2) is 42.2 Å². The molecule has 0 unspecified atom stereocenters. The molecule has 9 atom stereocenters. The van der Waals surface area contributed by atoms with Gasteiger partial charge in [0.05, 0.1) is 37.7 Å². The molecule has 25 heteroatoms. The predicted octanol–water partition coefficient (Wildman–Crippen LogP) is -3.08. The second kappa shape index (κ2) is 28.1. The number of hydrogen-bond acceptors (Lipinski definition) is 15. The number of fused-ring (bicyclic) bond motifs is 1. The van der Waals surface area contributed by atoms with Crippen molar-refractivity contribution in [2.75, 3.05) is 19.6 Å². The van der Waals surface area contributed by atoms with Gasteiger partial charge in [-0.2, -0.15) is 0 Å². The maximum atomic E-state index is 14.0. The molecule has 0 bridgehead atoms. The number of benzene rings is 1. The van der Waals surface area contributed by atoms with Crippen molar-refractivity contribution in [3.05, 3.63) is 53.4 Å². The van der Waals surface area contributed by atoms with E-state index in [-0.39, 0.29) is 31.6 Å². The molecule has 0 aliphatic carbocycles. The molecule has 0 aliphatic rings. The van der Waals surface area contributed by atoms with E-state index in [1.807, 2.05) is 32.0 Å². The van der Waals surface area contributed by atoms with Crippen LogP contribution in [-0.2, 0) is 56.0 Å². The summed E-state index contributed by atoms with van der Waals surface area (Å²) in [5.41, 5.74) is 12.3. The average Bonchev–Trinajstić information content (AvgIpc) is 3.96. The molecule has 2 aromatic heterocycles. The minimum absolute atomic E-state index is 0.0193. The fourth-order valence-electron chi connectivity index (χ4n) is 6.82. The normalized spacial score (nSPS) is 15.2. The summed E-state index contributed by atoms with van der Waals surface area (Å²) in [5.74, 6) is -8.21. The number of unbranched alkanes of at least 4 members (excludes halogenated alkanes) is 1. The van der Waals surface area contributed by atoms with E-state index in [2.05, 4.69) is 52.5 Å². The van der Waals surface area contributed by atoms with Gasteiger partial charge in [0.15, 0.2) is 0 Å². The largest absolute Gasteiger partial charge is 0.480 e. The minimum Gasteiger partial charge on any atom is -0.480 e. The number of aliphatic carboxylic acids is 1. The molecule has 69 heavy (non-hydrogen) atoms. The molecule has 3 rings (SSSR count). The Balaban J connectivity index is 1.73. The van der Waals surface area contributed by atoms with Gasteiger partial charge in [-0.3, -0.25) is 38.4 Å². The number of nitrogens with zero attached hydrogens (tertiary/aromatic N) is 1. The van der Waals surface area contributed by atoms with Crippen LogP contribution in [0.1, 0.15) is 71.6 Å². The third-order valence-electron chi connectivity index (χ3n) is 10.6. The number of aromatic nitrogens is 2. The molecule has 0 saturated heterocycles. The standard InChI is InChI=1S/C44H66N12O12S/c1-22(2)14-30(53-38(61)23(3)46)40(63)54-32(16-27-17-47-21-50-27)39(62)49-18-34(59)48-19-35(60)51-31(15-26-20-69-33-12-7-6-10-28(26)33)41(64)55-37(25(5)58)43(66)56-36(24(4)57)42(65)52-29(44(67)68)11-8-9-13-45/h6-7,10,12,17,20-25,29-32,36-37,57-58H,8-9,11,13-16,18-19,45-46H2,1-5H3,(H,47,50)(H,48,59)(H,49,62)(H,51,60)(H,52,65)(H,53,61)(H,54,63)(H,55,64)(H,56,66)(H,67,68)/t23-,24+,25+,29-,30-,31-,32-,36-,37-/m0/s1. The number of carbonyl (C=O) groups excluding carboxylic acids is 8. The van der Waals surface area contributed by atoms with Gasteiger partial charge in [-0.05, 0) is 81.3 Å². The Labute approximate surface area is 402 Å². The van der Waals surface area contributed by atoms with Gasteiger partial charge in [-0.25, -0.2) is 9.78 Å². The summed E-state index contributed by atoms with van der Waals surface area (Å²) in [6.45, 7) is 6.45. The van der Waals surface area contributed by atoms with Crippen molar-refractivity contribution in [1.82, 2.24) is 52.5 Å². The lowest BCUT2D eigenvalue weighted by Gasteiger charge is -2.28. The predicted molar refractivity (Wildman–Crippen MR) is 252 cm³/mol. The van der Waals surface area contributed by atoms with Crippen LogP contribution in [0.2, 0.25) is 0 Å². The first-order valence-electron chi connectivity index (χ1n) is 22.4. The van der Waals surface area contributed by atoms with Gasteiger partial charge in [-0.15, -0.1) is 11.3 Å². The monoisotopic (exact) mass is 986 g/mol. The molecule has 0 spiro atoms. The van der Waals surface area contributed by atoms with Gasteiger partial charge >= 0.3 is 5.97 Å². The number of aromatic amines is 1. The van der Waals surface area contributed by atoms with Crippen LogP contribution in [0.25, 0.3) is 10.1 Å². The first-order valence-corrected chi connectivity index (χ1v) is 23.3. The molecule has 380 valence electrons. The zero-order chi connectivity index (χ0) is 51.4. The molecule has 0 saturated carbocycles. The van der Waals surface area contributed by atoms with E-state index in [0.29, 0.717) is 30.6 Å². The highest BCUT2D eigenvalue weighted by Crippen LogP contribution is 2.26. The number of nitrogens with one attached hydrogen (secondary N) is 9. The number of imidazole rings is 1. The van der Waals surface area contributed by atoms with Crippen molar-refractivity contribution in [2.24, 2.45) is 17.4 Å². The molecule has 0 radical (unpaired) electrons. The first-order chi connectivity index (χ1) is 32.6. The lowest BCUT2D eigenvalue weighted by atomic mass is 10.0. The van der Waals surface area contributed by atoms with Crippen molar-refractivity contribution < 1.29 is 58.5 Å². The number of H-pyrrole nitrogens is 1. The number of rotatable bonds is 29. The molecule has 24 nitrogen and oxygen atoms in total. The fourth-order valence-corrected chi connectivity index (χ4v) is 7.80. The second-order valence-electron chi connectivity index (χ2n) is 17.0. The van der Waals surface area contributed by atoms with Crippen LogP contribution in [-0.4, -0.2) is 153 Å². The van der Waals surface area contributed by atoms with Crippen molar-refractivity contribution in [3.63, 3.8) is 0 Å². The lowest BCUT2D eigenvalue weighted by molar-refractivity contribution is -0.143. The molecule has 0 fully saturated rings. The van der Waals surface area contributed by atoms with Gasteiger partial charge in [0.25, 0.3) is 0 Å². The third kappa shape index (κ3) is 18.8. The third-order valence-corrected chi connectivity index (χ3v) is 11.6. The summed E-state index contributed by atoms with van der Waals surface area (Å²) in [7, 11) is 0. The van der Waals surface area contributed by atoms with E-state index in [0.717, 1.165) is 10.1 Å². The van der Waals surface area contributed by atoms with E-state index < -0.39 is 121 Å². The summed E-state index contributed by atoms with van der Waals surface area (Å²) < 4.78 is 0.871. The van der Waals surface area contributed by atoms with E-state index >= 15 is 0 Å². The maximum Gasteiger partial charge on any atom is 0.326 e. The van der Waals surface area contributed by atoms with Gasteiger partial charge < -0.3 is 74.3 Å². The Morgan fingerprint density at radius 2 is 1.26 bits per heavy atom. The Hall–Kier alpha value is -6.54. The van der Waals surface area contributed by atoms with Gasteiger partial charge in [0.1, 0.15) is 36.3 Å². The summed E-state index contributed by atoms with van der Waals surface area (Å²) in [4.78, 5) is 125. The van der Waals surface area contributed by atoms with Crippen molar-refractivity contribution in [2.45, 2.75) is 128 Å². The molecule has 0 aliphatic heterocycles. The molecular weight excluding hydrogens is 921 g/mol. The van der Waals surface area contributed by atoms with Gasteiger partial charge in [0.2, 0.25) is 47.3 Å². The Bertz CT molecular complexity index is 2220. The first kappa shape index (κ1) is 56.8. The Morgan fingerprint density at radius 1 is 0.681 bits per heavy atom. The number of carboxylic acid groups (broad SMARTS) is 1. The minimum atomic E-state index is -1.76. The SMILES string of the molecule is CC(C)C[C@H](NC(=O)[C@H](C)N)C(=O)N[C@@H](Cc1cnc[nH]1)C(=O)NCC(=O)NCC(=O)N[C@@H](Cc1csc2ccccc12)C(=O)N[C@H](C(=O)N[C@H](C(=O)N[C@@H](CCCCN)C(=O)O)[C@@H](C)O)[C@@H](C)O. The van der Waals surface area contributed by atoms with Crippen molar-refractivity contribution >= 4 is 74.6 Å². The smallest absolute Gasteiger partial charge is 0.326 e. The van der Waals surface area contributed by atoms with Crippen molar-refractivity contribution in [3.8, 4) is 0 Å². The van der Waals surface area contributed by atoms with E-state index in [1.54, 1.807) is 11.4 Å². The molecule has 16 N–H and O–H groups in total. The molecule has 3 aromatic rings. The quantitative estimate of drug-likeness (QED) is 0.0307. The highest BCUT2D eigenvalue weighted by molar-refractivity contribution is 7.17. The summed E-state index contributed by atoms with van der Waals surface area (Å²) in [5, 5.41) is 52.8. The van der Waals surface area contributed by atoms with Gasteiger partial charge in [-0.1, -0.05) is 32.0 Å². The number of carbonyl (C=O) groups is 9. The number of carboxylic acids is 1. The Morgan fingerprint density at radius 3 is 1.86 bits per heavy atom. The molecular formula is C44H66N12O12S. The molecule has 1 aromatic carbocycles. The van der Waals surface area contributed by atoms with E-state index in [1.165, 1.54) is 44.6 Å². The van der Waals surface area contributed by atoms with Crippen LogP contribution >= 0.6 is 11.3 Å². The van der Waals surface area contributed by atoms with Gasteiger partial charge in [0, 0.05) is 29.4 Å². The van der Waals surface area contributed by atoms with E-state index in [4.69, 9.17) is 11.5 Å². The van der Waals surface area contributed by atoms with E-state index in [9.17, 15) is 58.5 Å². The second-order valence-corrected chi connectivity index (χ2v) is 17.9. The number of nitrogens with two attached hydrogens (primary N) is 2. The highest BCUT2D eigenvalue weighted by atomic mass is 32.1. The number of aliphatic hydroxyl groups excluding tert-OH is 2. The maximum absolute atomic E-state index is 14.0. The summed E-state index contributed by atoms with van der Waals surface area (Å²) in [6.07, 6.45) is 0.566. The summed E-state index contributed by atoms with van der Waals surface area (Å²) >= 11 is 1.37. The average molecular weight is 987 g/mol. The lowest BCUT2D eigenvalue weighted by Crippen LogP contribution is -2.62. The zero-order valence-corrected chi connectivity index (χ0v) is 40.0. The molecule has 8 amide bonds. The number of thiophene rings is 1. The van der Waals surface area contributed by atoms with Crippen LogP contribution in [0.3, 0.4) is 0 Å². The highest BCUT2D eigenvalue weighted by Gasteiger charge is 2.36. The van der Waals surface area contributed by atoms with Crippen LogP contribution in [0, 0.1) is 5.92 Å². The zero-order valence-electron chi connectivity index (χ0n) is 39.2. The van der Waals surface area contributed by atoms with Crippen LogP contribution in [0.5, 0.6) is 0 Å². The topological polar surface area (TPSA) is 391 Å².